The molecule has 2 aliphatic rings. The van der Waals surface area contributed by atoms with Crippen LogP contribution in [0.4, 0.5) is 17.6 Å². The predicted octanol–water partition coefficient (Wildman–Crippen LogP) is 1.69. The van der Waals surface area contributed by atoms with Crippen LogP contribution in [0, 0.1) is 12.3 Å². The number of amides is 1. The number of piperazine rings is 1. The molecule has 9 nitrogen and oxygen atoms in total. The van der Waals surface area contributed by atoms with Crippen LogP contribution in [-0.4, -0.2) is 62.2 Å². The topological polar surface area (TPSA) is 95.0 Å². The molecule has 148 valence electrons. The number of fused-ring (bicyclic) bond motifs is 1. The number of carbonyl (C=O) groups is 1. The lowest BCUT2D eigenvalue weighted by Gasteiger charge is -2.32. The van der Waals surface area contributed by atoms with Gasteiger partial charge >= 0.3 is 0 Å². The summed E-state index contributed by atoms with van der Waals surface area (Å²) in [6.45, 7) is 3.13. The van der Waals surface area contributed by atoms with E-state index in [-0.39, 0.29) is 0 Å². The molecule has 2 N–H and O–H groups in total. The number of hydrogen-bond donors (Lipinski definition) is 2. The van der Waals surface area contributed by atoms with Crippen molar-refractivity contribution in [1.29, 1.82) is 0 Å². The Bertz CT molecular complexity index is 1080. The molecule has 1 saturated carbocycles. The number of hydrogen-bond acceptors (Lipinski definition) is 6. The SMILES string of the molecule is C#CCn1ccc2c(Nc3cc(C4CC4)[nH]n3)nc(N3CCN(C=O)CC3)nc21. The van der Waals surface area contributed by atoms with Gasteiger partial charge in [-0.1, -0.05) is 5.92 Å². The van der Waals surface area contributed by atoms with E-state index >= 15 is 0 Å². The summed E-state index contributed by atoms with van der Waals surface area (Å²) in [5, 5.41) is 11.8. The van der Waals surface area contributed by atoms with Gasteiger partial charge in [-0.2, -0.15) is 15.1 Å². The average molecular weight is 390 g/mol. The lowest BCUT2D eigenvalue weighted by atomic mass is 10.3. The van der Waals surface area contributed by atoms with Crippen molar-refractivity contribution in [2.24, 2.45) is 0 Å². The highest BCUT2D eigenvalue weighted by Crippen LogP contribution is 2.40. The number of anilines is 3. The molecular formula is C20H22N8O. The zero-order valence-electron chi connectivity index (χ0n) is 16.0. The number of terminal acetylenes is 1. The second kappa shape index (κ2) is 7.13. The summed E-state index contributed by atoms with van der Waals surface area (Å²) in [4.78, 5) is 24.4. The van der Waals surface area contributed by atoms with Crippen molar-refractivity contribution in [3.05, 3.63) is 24.0 Å². The van der Waals surface area contributed by atoms with E-state index in [0.717, 1.165) is 29.0 Å². The molecule has 1 amide bonds. The molecule has 3 aromatic heterocycles. The number of aromatic nitrogens is 5. The Morgan fingerprint density at radius 1 is 1.28 bits per heavy atom. The minimum Gasteiger partial charge on any atom is -0.342 e. The Morgan fingerprint density at radius 2 is 2.10 bits per heavy atom. The molecule has 0 bridgehead atoms. The molecule has 29 heavy (non-hydrogen) atoms. The lowest BCUT2D eigenvalue weighted by Crippen LogP contribution is -2.46. The van der Waals surface area contributed by atoms with Gasteiger partial charge < -0.3 is 19.7 Å². The minimum atomic E-state index is 0.437. The molecule has 9 heteroatoms. The van der Waals surface area contributed by atoms with Crippen molar-refractivity contribution >= 4 is 35.0 Å². The second-order valence-electron chi connectivity index (χ2n) is 7.49. The number of rotatable bonds is 6. The molecule has 3 aromatic rings. The van der Waals surface area contributed by atoms with Gasteiger partial charge in [0.2, 0.25) is 12.4 Å². The van der Waals surface area contributed by atoms with Gasteiger partial charge in [0.15, 0.2) is 5.82 Å². The summed E-state index contributed by atoms with van der Waals surface area (Å²) in [6, 6.07) is 4.02. The van der Waals surface area contributed by atoms with E-state index in [0.29, 0.717) is 50.4 Å². The third-order valence-electron chi connectivity index (χ3n) is 5.48. The Hall–Kier alpha value is -3.54. The monoisotopic (exact) mass is 390 g/mol. The van der Waals surface area contributed by atoms with E-state index in [4.69, 9.17) is 16.4 Å². The summed E-state index contributed by atoms with van der Waals surface area (Å²) in [5.74, 6) is 5.34. The van der Waals surface area contributed by atoms with Gasteiger partial charge in [0, 0.05) is 50.1 Å². The summed E-state index contributed by atoms with van der Waals surface area (Å²) in [5.41, 5.74) is 1.94. The van der Waals surface area contributed by atoms with E-state index in [1.54, 1.807) is 4.90 Å². The fourth-order valence-electron chi connectivity index (χ4n) is 3.67. The summed E-state index contributed by atoms with van der Waals surface area (Å²) < 4.78 is 1.94. The zero-order valence-corrected chi connectivity index (χ0v) is 16.0. The third kappa shape index (κ3) is 3.38. The Labute approximate surface area is 168 Å². The van der Waals surface area contributed by atoms with Gasteiger partial charge in [-0.3, -0.25) is 9.89 Å². The molecule has 1 saturated heterocycles. The second-order valence-corrected chi connectivity index (χ2v) is 7.49. The number of aromatic amines is 1. The van der Waals surface area contributed by atoms with Crippen LogP contribution in [0.25, 0.3) is 11.0 Å². The van der Waals surface area contributed by atoms with Gasteiger partial charge in [-0.05, 0) is 18.9 Å². The fraction of sp³-hybridized carbons (Fsp3) is 0.400. The summed E-state index contributed by atoms with van der Waals surface area (Å²) in [7, 11) is 0. The molecular weight excluding hydrogens is 368 g/mol. The zero-order chi connectivity index (χ0) is 19.8. The number of H-pyrrole nitrogens is 1. The smallest absolute Gasteiger partial charge is 0.229 e. The quantitative estimate of drug-likeness (QED) is 0.491. The lowest BCUT2D eigenvalue weighted by molar-refractivity contribution is -0.118. The van der Waals surface area contributed by atoms with Crippen LogP contribution in [0.3, 0.4) is 0 Å². The van der Waals surface area contributed by atoms with Crippen LogP contribution in [-0.2, 0) is 11.3 Å². The predicted molar refractivity (Wildman–Crippen MR) is 110 cm³/mol. The van der Waals surface area contributed by atoms with E-state index in [1.807, 2.05) is 22.9 Å². The van der Waals surface area contributed by atoms with Crippen molar-refractivity contribution in [3.8, 4) is 12.3 Å². The van der Waals surface area contributed by atoms with Gasteiger partial charge in [-0.15, -0.1) is 6.42 Å². The normalized spacial score (nSPS) is 16.8. The summed E-state index contributed by atoms with van der Waals surface area (Å²) in [6.07, 6.45) is 10.8. The molecule has 1 aliphatic heterocycles. The third-order valence-corrected chi connectivity index (χ3v) is 5.48. The van der Waals surface area contributed by atoms with Crippen LogP contribution < -0.4 is 10.2 Å². The standard InChI is InChI=1S/C20H22N8O/c1-2-6-27-7-5-15-18(21-17-12-16(24-25-17)14-3-4-14)22-20(23-19(15)27)28-10-8-26(13-29)9-11-28/h1,5,7,12-14H,3-4,6,8-11H2,(H2,21,22,23,24,25). The molecule has 0 aromatic carbocycles. The van der Waals surface area contributed by atoms with Crippen molar-refractivity contribution < 1.29 is 4.79 Å². The highest BCUT2D eigenvalue weighted by atomic mass is 16.1. The van der Waals surface area contributed by atoms with E-state index in [9.17, 15) is 4.79 Å². The molecule has 0 unspecified atom stereocenters. The first-order valence-electron chi connectivity index (χ1n) is 9.82. The van der Waals surface area contributed by atoms with Crippen LogP contribution in [0.2, 0.25) is 0 Å². The van der Waals surface area contributed by atoms with E-state index in [1.165, 1.54) is 12.8 Å². The van der Waals surface area contributed by atoms with Crippen molar-refractivity contribution in [2.75, 3.05) is 36.4 Å². The number of nitrogens with one attached hydrogen (secondary N) is 2. The fourth-order valence-corrected chi connectivity index (χ4v) is 3.67. The molecule has 4 heterocycles. The molecule has 0 spiro atoms. The maximum atomic E-state index is 11.0. The van der Waals surface area contributed by atoms with Crippen LogP contribution >= 0.6 is 0 Å². The average Bonchev–Trinajstić information content (AvgIpc) is 3.37. The van der Waals surface area contributed by atoms with Crippen LogP contribution in [0.15, 0.2) is 18.3 Å². The first-order chi connectivity index (χ1) is 14.2. The van der Waals surface area contributed by atoms with Crippen molar-refractivity contribution in [1.82, 2.24) is 29.6 Å². The van der Waals surface area contributed by atoms with E-state index < -0.39 is 0 Å². The van der Waals surface area contributed by atoms with Crippen LogP contribution in [0.1, 0.15) is 24.5 Å². The highest BCUT2D eigenvalue weighted by molar-refractivity contribution is 5.90. The maximum Gasteiger partial charge on any atom is 0.229 e. The molecule has 0 atom stereocenters. The summed E-state index contributed by atoms with van der Waals surface area (Å²) >= 11 is 0. The van der Waals surface area contributed by atoms with Gasteiger partial charge in [-0.25, -0.2) is 0 Å². The number of carbonyl (C=O) groups excluding carboxylic acids is 1. The van der Waals surface area contributed by atoms with Crippen molar-refractivity contribution in [3.63, 3.8) is 0 Å². The van der Waals surface area contributed by atoms with Crippen LogP contribution in [0.5, 0.6) is 0 Å². The van der Waals surface area contributed by atoms with Gasteiger partial charge in [0.05, 0.1) is 11.9 Å². The molecule has 2 fully saturated rings. The molecule has 0 radical (unpaired) electrons. The minimum absolute atomic E-state index is 0.437. The number of nitrogens with zero attached hydrogens (tertiary/aromatic N) is 6. The Morgan fingerprint density at radius 3 is 2.83 bits per heavy atom. The first-order valence-corrected chi connectivity index (χ1v) is 9.82. The molecule has 5 rings (SSSR count). The van der Waals surface area contributed by atoms with Crippen molar-refractivity contribution in [2.45, 2.75) is 25.3 Å². The molecule has 1 aliphatic carbocycles. The highest BCUT2D eigenvalue weighted by Gasteiger charge is 2.26. The maximum absolute atomic E-state index is 11.0. The Kier molecular flexibility index (Phi) is 4.31. The van der Waals surface area contributed by atoms with Gasteiger partial charge in [0.25, 0.3) is 0 Å². The van der Waals surface area contributed by atoms with E-state index in [2.05, 4.69) is 26.3 Å². The largest absolute Gasteiger partial charge is 0.342 e. The Balaban J connectivity index is 1.50. The van der Waals surface area contributed by atoms with Gasteiger partial charge in [0.1, 0.15) is 11.5 Å². The first kappa shape index (κ1) is 17.6.